The number of hydrogen-bond acceptors (Lipinski definition) is 3. The molecule has 3 nitrogen and oxygen atoms in total. The monoisotopic (exact) mass is 302 g/mol. The predicted molar refractivity (Wildman–Crippen MR) is 92.6 cm³/mol. The van der Waals surface area contributed by atoms with Gasteiger partial charge in [-0.25, -0.2) is 4.98 Å². The van der Waals surface area contributed by atoms with Crippen molar-refractivity contribution in [2.24, 2.45) is 0 Å². The molecule has 0 aliphatic rings. The van der Waals surface area contributed by atoms with E-state index in [2.05, 4.69) is 22.4 Å². The Bertz CT molecular complexity index is 798. The molecular formula is C20H18N2O. The van der Waals surface area contributed by atoms with Crippen molar-refractivity contribution in [1.82, 2.24) is 4.98 Å². The highest BCUT2D eigenvalue weighted by atomic mass is 16.1. The summed E-state index contributed by atoms with van der Waals surface area (Å²) in [5, 5.41) is 3.31. The van der Waals surface area contributed by atoms with Crippen LogP contribution in [0.25, 0.3) is 0 Å². The number of rotatable bonds is 5. The van der Waals surface area contributed by atoms with Crippen molar-refractivity contribution in [3.63, 3.8) is 0 Å². The second-order valence-electron chi connectivity index (χ2n) is 5.42. The molecule has 0 bridgehead atoms. The van der Waals surface area contributed by atoms with Gasteiger partial charge >= 0.3 is 0 Å². The Hall–Kier alpha value is -2.94. The van der Waals surface area contributed by atoms with E-state index in [4.69, 9.17) is 0 Å². The van der Waals surface area contributed by atoms with Crippen molar-refractivity contribution in [3.8, 4) is 0 Å². The van der Waals surface area contributed by atoms with Crippen LogP contribution in [-0.2, 0) is 6.54 Å². The summed E-state index contributed by atoms with van der Waals surface area (Å²) in [5.41, 5.74) is 3.44. The van der Waals surface area contributed by atoms with E-state index in [0.717, 1.165) is 11.4 Å². The zero-order valence-electron chi connectivity index (χ0n) is 13.0. The van der Waals surface area contributed by atoms with Gasteiger partial charge in [-0.2, -0.15) is 0 Å². The van der Waals surface area contributed by atoms with Gasteiger partial charge in [0.15, 0.2) is 5.78 Å². The first-order valence-corrected chi connectivity index (χ1v) is 7.58. The molecule has 0 saturated carbocycles. The minimum atomic E-state index is -0.00388. The van der Waals surface area contributed by atoms with E-state index < -0.39 is 0 Å². The van der Waals surface area contributed by atoms with Gasteiger partial charge in [0.25, 0.3) is 0 Å². The molecule has 2 aromatic carbocycles. The number of carbonyl (C=O) groups excluding carboxylic acids is 1. The van der Waals surface area contributed by atoms with Crippen LogP contribution >= 0.6 is 0 Å². The molecule has 3 aromatic rings. The third-order valence-corrected chi connectivity index (χ3v) is 3.68. The fourth-order valence-electron chi connectivity index (χ4n) is 2.42. The third kappa shape index (κ3) is 3.64. The van der Waals surface area contributed by atoms with E-state index in [1.54, 1.807) is 6.20 Å². The van der Waals surface area contributed by atoms with Crippen molar-refractivity contribution in [1.29, 1.82) is 0 Å². The molecule has 0 atom stereocenters. The molecule has 3 rings (SSSR count). The van der Waals surface area contributed by atoms with Crippen molar-refractivity contribution in [2.45, 2.75) is 13.5 Å². The van der Waals surface area contributed by atoms with Crippen LogP contribution in [0.15, 0.2) is 72.9 Å². The molecule has 0 unspecified atom stereocenters. The lowest BCUT2D eigenvalue weighted by atomic mass is 10.0. The first kappa shape index (κ1) is 15.0. The maximum atomic E-state index is 12.4. The number of aromatic nitrogens is 1. The Morgan fingerprint density at radius 3 is 2.26 bits per heavy atom. The van der Waals surface area contributed by atoms with E-state index >= 15 is 0 Å². The molecule has 0 fully saturated rings. The van der Waals surface area contributed by atoms with Gasteiger partial charge in [-0.05, 0) is 24.1 Å². The maximum absolute atomic E-state index is 12.4. The Morgan fingerprint density at radius 2 is 1.61 bits per heavy atom. The van der Waals surface area contributed by atoms with Crippen LogP contribution in [0.3, 0.4) is 0 Å². The van der Waals surface area contributed by atoms with Gasteiger partial charge in [-0.1, -0.05) is 60.7 Å². The number of nitrogens with zero attached hydrogens (tertiary/aromatic N) is 1. The zero-order valence-corrected chi connectivity index (χ0v) is 13.0. The first-order valence-electron chi connectivity index (χ1n) is 7.58. The van der Waals surface area contributed by atoms with Crippen LogP contribution in [0.2, 0.25) is 0 Å². The topological polar surface area (TPSA) is 42.0 Å². The smallest absolute Gasteiger partial charge is 0.194 e. The standard InChI is InChI=1S/C20H18N2O/c1-15-12-18(19(23)17-10-6-3-7-11-17)14-22-20(15)21-13-16-8-4-2-5-9-16/h2-12,14H,13H2,1H3,(H,21,22). The van der Waals surface area contributed by atoms with Gasteiger partial charge < -0.3 is 5.32 Å². The normalized spacial score (nSPS) is 10.3. The van der Waals surface area contributed by atoms with Gasteiger partial charge in [0.05, 0.1) is 0 Å². The summed E-state index contributed by atoms with van der Waals surface area (Å²) in [6.45, 7) is 2.67. The minimum absolute atomic E-state index is 0.00388. The van der Waals surface area contributed by atoms with E-state index in [-0.39, 0.29) is 5.78 Å². The highest BCUT2D eigenvalue weighted by molar-refractivity contribution is 6.09. The quantitative estimate of drug-likeness (QED) is 0.717. The molecule has 114 valence electrons. The Morgan fingerprint density at radius 1 is 0.957 bits per heavy atom. The lowest BCUT2D eigenvalue weighted by molar-refractivity contribution is 0.103. The summed E-state index contributed by atoms with van der Waals surface area (Å²) in [4.78, 5) is 16.8. The largest absolute Gasteiger partial charge is 0.366 e. The molecular weight excluding hydrogens is 284 g/mol. The number of ketones is 1. The van der Waals surface area contributed by atoms with Gasteiger partial charge in [-0.3, -0.25) is 4.79 Å². The number of pyridine rings is 1. The summed E-state index contributed by atoms with van der Waals surface area (Å²) in [6, 6.07) is 21.3. The second-order valence-corrected chi connectivity index (χ2v) is 5.42. The highest BCUT2D eigenvalue weighted by Gasteiger charge is 2.11. The summed E-state index contributed by atoms with van der Waals surface area (Å²) in [7, 11) is 0. The van der Waals surface area contributed by atoms with Gasteiger partial charge in [0.2, 0.25) is 0 Å². The molecule has 1 aromatic heterocycles. The lowest BCUT2D eigenvalue weighted by Gasteiger charge is -2.10. The molecule has 0 aliphatic carbocycles. The van der Waals surface area contributed by atoms with E-state index in [0.29, 0.717) is 17.7 Å². The molecule has 0 aliphatic heterocycles. The lowest BCUT2D eigenvalue weighted by Crippen LogP contribution is -2.06. The minimum Gasteiger partial charge on any atom is -0.366 e. The first-order chi connectivity index (χ1) is 11.2. The Kier molecular flexibility index (Phi) is 4.48. The van der Waals surface area contributed by atoms with Crippen LogP contribution < -0.4 is 5.32 Å². The molecule has 1 N–H and O–H groups in total. The Labute approximate surface area is 136 Å². The number of carbonyl (C=O) groups is 1. The van der Waals surface area contributed by atoms with Crippen molar-refractivity contribution in [2.75, 3.05) is 5.32 Å². The van der Waals surface area contributed by atoms with E-state index in [1.165, 1.54) is 5.56 Å². The Balaban J connectivity index is 1.74. The second kappa shape index (κ2) is 6.88. The number of aryl methyl sites for hydroxylation is 1. The van der Waals surface area contributed by atoms with Crippen LogP contribution in [-0.4, -0.2) is 10.8 Å². The van der Waals surface area contributed by atoms with Crippen LogP contribution in [0, 0.1) is 6.92 Å². The summed E-state index contributed by atoms with van der Waals surface area (Å²) < 4.78 is 0. The van der Waals surface area contributed by atoms with Crippen molar-refractivity contribution >= 4 is 11.6 Å². The molecule has 23 heavy (non-hydrogen) atoms. The molecule has 0 saturated heterocycles. The highest BCUT2D eigenvalue weighted by Crippen LogP contribution is 2.16. The number of benzene rings is 2. The average molecular weight is 302 g/mol. The molecule has 1 heterocycles. The van der Waals surface area contributed by atoms with Crippen molar-refractivity contribution < 1.29 is 4.79 Å². The third-order valence-electron chi connectivity index (χ3n) is 3.68. The molecule has 0 amide bonds. The number of nitrogens with one attached hydrogen (secondary N) is 1. The van der Waals surface area contributed by atoms with Gasteiger partial charge in [0.1, 0.15) is 5.82 Å². The maximum Gasteiger partial charge on any atom is 0.194 e. The zero-order chi connectivity index (χ0) is 16.1. The summed E-state index contributed by atoms with van der Waals surface area (Å²) in [5.74, 6) is 0.800. The molecule has 0 radical (unpaired) electrons. The van der Waals surface area contributed by atoms with Gasteiger partial charge in [0, 0.05) is 23.9 Å². The van der Waals surface area contributed by atoms with E-state index in [1.807, 2.05) is 61.5 Å². The van der Waals surface area contributed by atoms with Crippen LogP contribution in [0.4, 0.5) is 5.82 Å². The fraction of sp³-hybridized carbons (Fsp3) is 0.100. The van der Waals surface area contributed by atoms with Gasteiger partial charge in [-0.15, -0.1) is 0 Å². The summed E-state index contributed by atoms with van der Waals surface area (Å²) in [6.07, 6.45) is 1.63. The number of anilines is 1. The summed E-state index contributed by atoms with van der Waals surface area (Å²) >= 11 is 0. The number of hydrogen-bond donors (Lipinski definition) is 1. The van der Waals surface area contributed by atoms with Crippen LogP contribution in [0.5, 0.6) is 0 Å². The SMILES string of the molecule is Cc1cc(C(=O)c2ccccc2)cnc1NCc1ccccc1. The molecule has 0 spiro atoms. The fourth-order valence-corrected chi connectivity index (χ4v) is 2.42. The molecule has 3 heteroatoms. The van der Waals surface area contributed by atoms with E-state index in [9.17, 15) is 4.79 Å². The van der Waals surface area contributed by atoms with Crippen LogP contribution in [0.1, 0.15) is 27.0 Å². The average Bonchev–Trinajstić information content (AvgIpc) is 2.61. The van der Waals surface area contributed by atoms with Crippen molar-refractivity contribution in [3.05, 3.63) is 95.2 Å². The predicted octanol–water partition coefficient (Wildman–Crippen LogP) is 4.23.